The minimum atomic E-state index is -0.748. The largest absolute Gasteiger partial charge is 0.491 e. The number of halogens is 2. The Hall–Kier alpha value is -2.25. The second kappa shape index (κ2) is 7.34. The molecule has 0 radical (unpaired) electrons. The van der Waals surface area contributed by atoms with Gasteiger partial charge in [-0.25, -0.2) is 4.79 Å². The SMILES string of the molecule is CC(COc1ccc(Cl)c(Cl)c1)NC(=O)c1cc(=O)[nH]c(=O)[nH]1. The summed E-state index contributed by atoms with van der Waals surface area (Å²) < 4.78 is 5.49. The molecular formula is C14H13Cl2N3O4. The van der Waals surface area contributed by atoms with Gasteiger partial charge in [0.2, 0.25) is 0 Å². The first-order valence-corrected chi connectivity index (χ1v) is 7.33. The molecule has 1 aromatic carbocycles. The lowest BCUT2D eigenvalue weighted by Crippen LogP contribution is -2.39. The summed E-state index contributed by atoms with van der Waals surface area (Å²) in [6, 6.07) is 5.44. The first-order chi connectivity index (χ1) is 10.8. The van der Waals surface area contributed by atoms with Crippen molar-refractivity contribution in [2.45, 2.75) is 13.0 Å². The van der Waals surface area contributed by atoms with Gasteiger partial charge in [0.1, 0.15) is 18.1 Å². The zero-order valence-electron chi connectivity index (χ0n) is 12.0. The van der Waals surface area contributed by atoms with E-state index in [0.717, 1.165) is 6.07 Å². The highest BCUT2D eigenvalue weighted by atomic mass is 35.5. The number of amides is 1. The fraction of sp³-hybridized carbons (Fsp3) is 0.214. The molecule has 9 heteroatoms. The topological polar surface area (TPSA) is 104 Å². The highest BCUT2D eigenvalue weighted by Crippen LogP contribution is 2.26. The average molecular weight is 358 g/mol. The molecule has 1 heterocycles. The lowest BCUT2D eigenvalue weighted by atomic mass is 10.3. The minimum absolute atomic E-state index is 0.125. The van der Waals surface area contributed by atoms with Crippen LogP contribution in [0.25, 0.3) is 0 Å². The normalized spacial score (nSPS) is 11.8. The van der Waals surface area contributed by atoms with Crippen LogP contribution in [0, 0.1) is 0 Å². The molecule has 0 spiro atoms. The number of carbonyl (C=O) groups is 1. The van der Waals surface area contributed by atoms with Crippen molar-refractivity contribution in [2.75, 3.05) is 6.61 Å². The maximum atomic E-state index is 11.9. The van der Waals surface area contributed by atoms with E-state index in [1.807, 2.05) is 4.98 Å². The van der Waals surface area contributed by atoms with Crippen LogP contribution in [-0.2, 0) is 0 Å². The lowest BCUT2D eigenvalue weighted by Gasteiger charge is -2.15. The summed E-state index contributed by atoms with van der Waals surface area (Å²) in [5.41, 5.74) is -1.53. The first kappa shape index (κ1) is 17.1. The molecule has 1 atom stereocenters. The lowest BCUT2D eigenvalue weighted by molar-refractivity contribution is 0.0921. The fourth-order valence-electron chi connectivity index (χ4n) is 1.72. The van der Waals surface area contributed by atoms with E-state index in [1.165, 1.54) is 0 Å². The number of aromatic amines is 2. The maximum absolute atomic E-state index is 11.9. The Balaban J connectivity index is 1.94. The number of carbonyl (C=O) groups excluding carboxylic acids is 1. The third kappa shape index (κ3) is 4.87. The van der Waals surface area contributed by atoms with E-state index in [-0.39, 0.29) is 18.3 Å². The number of aromatic nitrogens is 2. The maximum Gasteiger partial charge on any atom is 0.326 e. The highest BCUT2D eigenvalue weighted by molar-refractivity contribution is 6.42. The standard InChI is InChI=1S/C14H13Cl2N3O4/c1-7(6-23-8-2-3-9(15)10(16)4-8)17-13(21)11-5-12(20)19-14(22)18-11/h2-5,7H,6H2,1H3,(H,17,21)(H2,18,19,20,22). The summed E-state index contributed by atoms with van der Waals surface area (Å²) >= 11 is 11.7. The van der Waals surface area contributed by atoms with Crippen LogP contribution in [0.2, 0.25) is 10.0 Å². The van der Waals surface area contributed by atoms with Gasteiger partial charge < -0.3 is 15.0 Å². The number of ether oxygens (including phenoxy) is 1. The Labute approximate surface area is 140 Å². The summed E-state index contributed by atoms with van der Waals surface area (Å²) in [5, 5.41) is 3.38. The van der Waals surface area contributed by atoms with Crippen LogP contribution in [0.4, 0.5) is 0 Å². The Morgan fingerprint density at radius 3 is 2.61 bits per heavy atom. The van der Waals surface area contributed by atoms with Crippen molar-refractivity contribution < 1.29 is 9.53 Å². The summed E-state index contributed by atoms with van der Waals surface area (Å²) in [5.74, 6) is -0.0801. The van der Waals surface area contributed by atoms with Gasteiger partial charge in [-0.15, -0.1) is 0 Å². The smallest absolute Gasteiger partial charge is 0.326 e. The number of hydrogen-bond donors (Lipinski definition) is 3. The molecule has 0 bridgehead atoms. The van der Waals surface area contributed by atoms with Gasteiger partial charge in [-0.2, -0.15) is 0 Å². The number of rotatable bonds is 5. The van der Waals surface area contributed by atoms with Gasteiger partial charge in [0, 0.05) is 12.1 Å². The predicted octanol–water partition coefficient (Wildman–Crippen LogP) is 1.57. The number of H-pyrrole nitrogens is 2. The van der Waals surface area contributed by atoms with Gasteiger partial charge in [-0.1, -0.05) is 23.2 Å². The molecule has 0 saturated heterocycles. The van der Waals surface area contributed by atoms with Gasteiger partial charge in [0.25, 0.3) is 11.5 Å². The molecule has 0 fully saturated rings. The van der Waals surface area contributed by atoms with Gasteiger partial charge in [-0.05, 0) is 19.1 Å². The zero-order chi connectivity index (χ0) is 17.0. The molecule has 2 aromatic rings. The van der Waals surface area contributed by atoms with Crippen molar-refractivity contribution in [1.29, 1.82) is 0 Å². The summed E-state index contributed by atoms with van der Waals surface area (Å²) in [4.78, 5) is 38.5. The van der Waals surface area contributed by atoms with Gasteiger partial charge in [-0.3, -0.25) is 14.6 Å². The van der Waals surface area contributed by atoms with E-state index in [0.29, 0.717) is 15.8 Å². The van der Waals surface area contributed by atoms with E-state index in [4.69, 9.17) is 27.9 Å². The van der Waals surface area contributed by atoms with Gasteiger partial charge in [0.15, 0.2) is 0 Å². The Kier molecular flexibility index (Phi) is 5.46. The molecule has 1 amide bonds. The third-order valence-corrected chi connectivity index (χ3v) is 3.51. The fourth-order valence-corrected chi connectivity index (χ4v) is 2.01. The van der Waals surface area contributed by atoms with E-state index in [9.17, 15) is 14.4 Å². The van der Waals surface area contributed by atoms with Crippen molar-refractivity contribution >= 4 is 29.1 Å². The molecule has 0 aliphatic heterocycles. The second-order valence-corrected chi connectivity index (χ2v) is 5.58. The predicted molar refractivity (Wildman–Crippen MR) is 86.6 cm³/mol. The number of benzene rings is 1. The highest BCUT2D eigenvalue weighted by Gasteiger charge is 2.12. The van der Waals surface area contributed by atoms with Crippen molar-refractivity contribution in [3.8, 4) is 5.75 Å². The van der Waals surface area contributed by atoms with E-state index in [2.05, 4.69) is 10.3 Å². The quantitative estimate of drug-likeness (QED) is 0.755. The van der Waals surface area contributed by atoms with E-state index in [1.54, 1.807) is 25.1 Å². The molecule has 0 aliphatic rings. The molecule has 0 saturated carbocycles. The third-order valence-electron chi connectivity index (χ3n) is 2.77. The number of hydrogen-bond acceptors (Lipinski definition) is 4. The molecule has 23 heavy (non-hydrogen) atoms. The van der Waals surface area contributed by atoms with Crippen LogP contribution < -0.4 is 21.3 Å². The Bertz CT molecular complexity index is 803. The number of nitrogens with one attached hydrogen (secondary N) is 3. The molecule has 0 aliphatic carbocycles. The first-order valence-electron chi connectivity index (χ1n) is 6.57. The van der Waals surface area contributed by atoms with Crippen molar-refractivity contribution in [2.24, 2.45) is 0 Å². The zero-order valence-corrected chi connectivity index (χ0v) is 13.5. The van der Waals surface area contributed by atoms with Crippen LogP contribution in [0.3, 0.4) is 0 Å². The van der Waals surface area contributed by atoms with Crippen molar-refractivity contribution in [1.82, 2.24) is 15.3 Å². The molecule has 122 valence electrons. The Morgan fingerprint density at radius 2 is 1.96 bits per heavy atom. The summed E-state index contributed by atoms with van der Waals surface area (Å²) in [7, 11) is 0. The van der Waals surface area contributed by atoms with Crippen LogP contribution in [-0.4, -0.2) is 28.5 Å². The Morgan fingerprint density at radius 1 is 1.22 bits per heavy atom. The average Bonchev–Trinajstić information content (AvgIpc) is 2.47. The van der Waals surface area contributed by atoms with Crippen LogP contribution in [0.1, 0.15) is 17.4 Å². The van der Waals surface area contributed by atoms with Gasteiger partial charge >= 0.3 is 5.69 Å². The van der Waals surface area contributed by atoms with Crippen molar-refractivity contribution in [3.63, 3.8) is 0 Å². The van der Waals surface area contributed by atoms with Gasteiger partial charge in [0.05, 0.1) is 16.1 Å². The van der Waals surface area contributed by atoms with E-state index < -0.39 is 17.2 Å². The summed E-state index contributed by atoms with van der Waals surface area (Å²) in [6.07, 6.45) is 0. The molecular weight excluding hydrogens is 345 g/mol. The van der Waals surface area contributed by atoms with Crippen LogP contribution in [0.15, 0.2) is 33.9 Å². The molecule has 1 unspecified atom stereocenters. The monoisotopic (exact) mass is 357 g/mol. The minimum Gasteiger partial charge on any atom is -0.491 e. The van der Waals surface area contributed by atoms with Crippen molar-refractivity contribution in [3.05, 3.63) is 60.8 Å². The molecule has 2 rings (SSSR count). The van der Waals surface area contributed by atoms with E-state index >= 15 is 0 Å². The second-order valence-electron chi connectivity index (χ2n) is 4.76. The van der Waals surface area contributed by atoms with Crippen LogP contribution in [0.5, 0.6) is 5.75 Å². The molecule has 3 N–H and O–H groups in total. The molecule has 1 aromatic heterocycles. The summed E-state index contributed by atoms with van der Waals surface area (Å²) in [6.45, 7) is 1.87. The van der Waals surface area contributed by atoms with Crippen LogP contribution >= 0.6 is 23.2 Å². The molecule has 7 nitrogen and oxygen atoms in total.